The second-order valence-corrected chi connectivity index (χ2v) is 5.42. The molecule has 2 aliphatic rings. The van der Waals surface area contributed by atoms with Crippen LogP contribution < -0.4 is 10.1 Å². The van der Waals surface area contributed by atoms with Crippen molar-refractivity contribution in [2.75, 3.05) is 13.2 Å². The van der Waals surface area contributed by atoms with Gasteiger partial charge in [0.1, 0.15) is 5.75 Å². The van der Waals surface area contributed by atoms with Crippen molar-refractivity contribution in [2.45, 2.75) is 12.0 Å². The van der Waals surface area contributed by atoms with Crippen molar-refractivity contribution in [3.8, 4) is 5.75 Å². The fourth-order valence-corrected chi connectivity index (χ4v) is 3.46. The Bertz CT molecular complexity index is 581. The molecule has 1 saturated heterocycles. The molecule has 19 heavy (non-hydrogen) atoms. The van der Waals surface area contributed by atoms with Crippen molar-refractivity contribution in [3.63, 3.8) is 0 Å². The molecule has 0 aromatic heterocycles. The molecule has 2 heterocycles. The predicted octanol–water partition coefficient (Wildman–Crippen LogP) is 3.12. The quantitative estimate of drug-likeness (QED) is 0.840. The molecule has 96 valence electrons. The Morgan fingerprint density at radius 1 is 0.947 bits per heavy atom. The summed E-state index contributed by atoms with van der Waals surface area (Å²) < 4.78 is 5.95. The van der Waals surface area contributed by atoms with Gasteiger partial charge in [-0.05, 0) is 11.6 Å². The number of nitrogens with one attached hydrogen (secondary N) is 1. The minimum atomic E-state index is 0.440. The van der Waals surface area contributed by atoms with Gasteiger partial charge in [-0.25, -0.2) is 0 Å². The highest BCUT2D eigenvalue weighted by atomic mass is 16.5. The van der Waals surface area contributed by atoms with Crippen LogP contribution in [0.3, 0.4) is 0 Å². The standard InChI is InChI=1S/C17H17NO/c1-2-6-12(7-3-1)14-10-18-17-13-8-4-5-9-16(13)19-11-15(14)17/h1-9,14-15,17-18H,10-11H2/t14-,15-,17-/m0/s1. The highest BCUT2D eigenvalue weighted by Gasteiger charge is 2.41. The van der Waals surface area contributed by atoms with E-state index in [1.54, 1.807) is 0 Å². The molecule has 0 amide bonds. The van der Waals surface area contributed by atoms with Crippen molar-refractivity contribution in [1.29, 1.82) is 0 Å². The molecule has 0 unspecified atom stereocenters. The zero-order valence-electron chi connectivity index (χ0n) is 10.8. The van der Waals surface area contributed by atoms with Gasteiger partial charge in [-0.2, -0.15) is 0 Å². The van der Waals surface area contributed by atoms with Crippen molar-refractivity contribution in [3.05, 3.63) is 65.7 Å². The van der Waals surface area contributed by atoms with Crippen LogP contribution in [-0.4, -0.2) is 13.2 Å². The first-order valence-electron chi connectivity index (χ1n) is 6.93. The molecule has 1 N–H and O–H groups in total. The molecule has 2 aromatic rings. The SMILES string of the molecule is c1ccc([C@@H]2CN[C@H]3c4ccccc4OC[C@@H]23)cc1. The molecule has 0 saturated carbocycles. The summed E-state index contributed by atoms with van der Waals surface area (Å²) in [6.45, 7) is 1.85. The third-order valence-corrected chi connectivity index (χ3v) is 4.42. The molecule has 2 aromatic carbocycles. The van der Waals surface area contributed by atoms with Crippen molar-refractivity contribution in [2.24, 2.45) is 5.92 Å². The number of fused-ring (bicyclic) bond motifs is 3. The number of ether oxygens (including phenoxy) is 1. The lowest BCUT2D eigenvalue weighted by molar-refractivity contribution is 0.194. The van der Waals surface area contributed by atoms with E-state index in [1.165, 1.54) is 11.1 Å². The van der Waals surface area contributed by atoms with Crippen molar-refractivity contribution in [1.82, 2.24) is 5.32 Å². The van der Waals surface area contributed by atoms with Gasteiger partial charge in [0.2, 0.25) is 0 Å². The first kappa shape index (κ1) is 11.1. The monoisotopic (exact) mass is 251 g/mol. The minimum absolute atomic E-state index is 0.440. The van der Waals surface area contributed by atoms with E-state index in [4.69, 9.17) is 4.74 Å². The van der Waals surface area contributed by atoms with Gasteiger partial charge in [0.15, 0.2) is 0 Å². The lowest BCUT2D eigenvalue weighted by Crippen LogP contribution is -2.28. The summed E-state index contributed by atoms with van der Waals surface area (Å²) >= 11 is 0. The summed E-state index contributed by atoms with van der Waals surface area (Å²) in [6.07, 6.45) is 0. The molecule has 1 fully saturated rings. The van der Waals surface area contributed by atoms with E-state index in [0.29, 0.717) is 17.9 Å². The van der Waals surface area contributed by atoms with Gasteiger partial charge in [0, 0.05) is 30.0 Å². The van der Waals surface area contributed by atoms with E-state index in [9.17, 15) is 0 Å². The van der Waals surface area contributed by atoms with E-state index in [2.05, 4.69) is 53.8 Å². The Morgan fingerprint density at radius 3 is 2.63 bits per heavy atom. The first-order chi connectivity index (χ1) is 9.43. The van der Waals surface area contributed by atoms with E-state index < -0.39 is 0 Å². The Morgan fingerprint density at radius 2 is 1.74 bits per heavy atom. The van der Waals surface area contributed by atoms with Gasteiger partial charge >= 0.3 is 0 Å². The Labute approximate surface area is 113 Å². The molecule has 2 nitrogen and oxygen atoms in total. The molecule has 0 spiro atoms. The molecule has 0 bridgehead atoms. The van der Waals surface area contributed by atoms with Crippen LogP contribution in [0.1, 0.15) is 23.1 Å². The molecular weight excluding hydrogens is 234 g/mol. The lowest BCUT2D eigenvalue weighted by Gasteiger charge is -2.31. The Hall–Kier alpha value is -1.80. The average molecular weight is 251 g/mol. The van der Waals surface area contributed by atoms with Gasteiger partial charge in [-0.1, -0.05) is 48.5 Å². The van der Waals surface area contributed by atoms with E-state index in [-0.39, 0.29) is 0 Å². The summed E-state index contributed by atoms with van der Waals surface area (Å²) in [5, 5.41) is 3.68. The second kappa shape index (κ2) is 4.39. The summed E-state index contributed by atoms with van der Waals surface area (Å²) in [5.74, 6) is 2.14. The van der Waals surface area contributed by atoms with Crippen molar-refractivity contribution >= 4 is 0 Å². The van der Waals surface area contributed by atoms with Crippen LogP contribution in [0.4, 0.5) is 0 Å². The molecule has 2 aliphatic heterocycles. The van der Waals surface area contributed by atoms with Crippen LogP contribution in [0.2, 0.25) is 0 Å². The van der Waals surface area contributed by atoms with Gasteiger partial charge < -0.3 is 10.1 Å². The third kappa shape index (κ3) is 1.75. The maximum Gasteiger partial charge on any atom is 0.124 e. The second-order valence-electron chi connectivity index (χ2n) is 5.42. The lowest BCUT2D eigenvalue weighted by atomic mass is 9.82. The summed E-state index contributed by atoms with van der Waals surface area (Å²) in [7, 11) is 0. The topological polar surface area (TPSA) is 21.3 Å². The van der Waals surface area contributed by atoms with E-state index in [1.807, 2.05) is 6.07 Å². The highest BCUT2D eigenvalue weighted by molar-refractivity contribution is 5.40. The molecule has 4 rings (SSSR count). The number of para-hydroxylation sites is 1. The largest absolute Gasteiger partial charge is 0.493 e. The molecule has 2 heteroatoms. The zero-order chi connectivity index (χ0) is 12.7. The number of benzene rings is 2. The Balaban J connectivity index is 1.69. The zero-order valence-corrected chi connectivity index (χ0v) is 10.8. The number of hydrogen-bond acceptors (Lipinski definition) is 2. The van der Waals surface area contributed by atoms with Gasteiger partial charge in [0.05, 0.1) is 6.61 Å². The van der Waals surface area contributed by atoms with Crippen LogP contribution in [0.5, 0.6) is 5.75 Å². The predicted molar refractivity (Wildman–Crippen MR) is 75.4 cm³/mol. The van der Waals surface area contributed by atoms with Crippen LogP contribution in [-0.2, 0) is 0 Å². The maximum atomic E-state index is 5.95. The van der Waals surface area contributed by atoms with Crippen LogP contribution >= 0.6 is 0 Å². The summed E-state index contributed by atoms with van der Waals surface area (Å²) in [6, 6.07) is 19.6. The van der Waals surface area contributed by atoms with Crippen LogP contribution in [0, 0.1) is 5.92 Å². The highest BCUT2D eigenvalue weighted by Crippen LogP contribution is 2.45. The molecule has 0 aliphatic carbocycles. The summed E-state index contributed by atoms with van der Waals surface area (Å²) in [5.41, 5.74) is 2.74. The average Bonchev–Trinajstić information content (AvgIpc) is 2.92. The molecule has 0 radical (unpaired) electrons. The smallest absolute Gasteiger partial charge is 0.124 e. The number of rotatable bonds is 1. The first-order valence-corrected chi connectivity index (χ1v) is 6.93. The maximum absolute atomic E-state index is 5.95. The van der Waals surface area contributed by atoms with Crippen LogP contribution in [0.15, 0.2) is 54.6 Å². The fourth-order valence-electron chi connectivity index (χ4n) is 3.46. The third-order valence-electron chi connectivity index (χ3n) is 4.42. The summed E-state index contributed by atoms with van der Waals surface area (Å²) in [4.78, 5) is 0. The van der Waals surface area contributed by atoms with Gasteiger partial charge in [-0.3, -0.25) is 0 Å². The van der Waals surface area contributed by atoms with Gasteiger partial charge in [-0.15, -0.1) is 0 Å². The fraction of sp³-hybridized carbons (Fsp3) is 0.294. The van der Waals surface area contributed by atoms with E-state index in [0.717, 1.165) is 18.9 Å². The van der Waals surface area contributed by atoms with E-state index >= 15 is 0 Å². The van der Waals surface area contributed by atoms with Crippen molar-refractivity contribution < 1.29 is 4.74 Å². The number of hydrogen-bond donors (Lipinski definition) is 1. The van der Waals surface area contributed by atoms with Gasteiger partial charge in [0.25, 0.3) is 0 Å². The normalized spacial score (nSPS) is 28.3. The minimum Gasteiger partial charge on any atom is -0.493 e. The Kier molecular flexibility index (Phi) is 2.56. The molecular formula is C17H17NO. The molecule has 3 atom stereocenters. The van der Waals surface area contributed by atoms with Crippen LogP contribution in [0.25, 0.3) is 0 Å².